The summed E-state index contributed by atoms with van der Waals surface area (Å²) in [7, 11) is 1.57. The summed E-state index contributed by atoms with van der Waals surface area (Å²) in [6.07, 6.45) is 5.49. The van der Waals surface area contributed by atoms with E-state index in [0.717, 1.165) is 6.42 Å². The zero-order valence-electron chi connectivity index (χ0n) is 17.6. The zero-order chi connectivity index (χ0) is 22.0. The molecule has 0 spiro atoms. The van der Waals surface area contributed by atoms with Gasteiger partial charge in [0.25, 0.3) is 0 Å². The van der Waals surface area contributed by atoms with Crippen molar-refractivity contribution >= 4 is 23.3 Å². The summed E-state index contributed by atoms with van der Waals surface area (Å²) >= 11 is 0. The summed E-state index contributed by atoms with van der Waals surface area (Å²) in [6.45, 7) is -0.102. The molecule has 5 aliphatic rings. The molecule has 4 aliphatic carbocycles. The van der Waals surface area contributed by atoms with Gasteiger partial charge in [-0.05, 0) is 78.6 Å². The number of nitrogens with zero attached hydrogens (tertiary/aromatic N) is 1. The molecule has 162 valence electrons. The Bertz CT molecular complexity index is 1100. The molecule has 7 rings (SSSR count). The molecule has 1 aliphatic heterocycles. The number of allylic oxidation sites excluding steroid dienone is 2. The van der Waals surface area contributed by atoms with Crippen molar-refractivity contribution in [2.45, 2.75) is 6.42 Å². The third-order valence-corrected chi connectivity index (χ3v) is 7.54. The van der Waals surface area contributed by atoms with E-state index in [1.54, 1.807) is 55.6 Å². The number of ether oxygens (including phenoxy) is 2. The van der Waals surface area contributed by atoms with Crippen LogP contribution in [0.2, 0.25) is 0 Å². The van der Waals surface area contributed by atoms with Crippen LogP contribution in [0.4, 0.5) is 5.69 Å². The number of imide groups is 1. The third kappa shape index (κ3) is 2.82. The predicted molar refractivity (Wildman–Crippen MR) is 116 cm³/mol. The van der Waals surface area contributed by atoms with E-state index in [-0.39, 0.29) is 47.9 Å². The van der Waals surface area contributed by atoms with Crippen molar-refractivity contribution in [3.8, 4) is 11.5 Å². The zero-order valence-corrected chi connectivity index (χ0v) is 17.6. The molecule has 3 fully saturated rings. The van der Waals surface area contributed by atoms with Crippen LogP contribution in [0.15, 0.2) is 60.7 Å². The van der Waals surface area contributed by atoms with Crippen LogP contribution in [-0.2, 0) is 9.59 Å². The van der Waals surface area contributed by atoms with E-state index in [1.807, 2.05) is 0 Å². The molecule has 0 aromatic heterocycles. The summed E-state index contributed by atoms with van der Waals surface area (Å²) in [6, 6.07) is 13.7. The smallest absolute Gasteiger partial charge is 0.238 e. The Morgan fingerprint density at radius 1 is 0.875 bits per heavy atom. The van der Waals surface area contributed by atoms with Crippen LogP contribution in [0, 0.1) is 35.5 Å². The number of ketones is 1. The molecule has 2 aromatic carbocycles. The first-order chi connectivity index (χ1) is 15.6. The van der Waals surface area contributed by atoms with Crippen LogP contribution in [-0.4, -0.2) is 31.3 Å². The van der Waals surface area contributed by atoms with E-state index in [2.05, 4.69) is 12.2 Å². The van der Waals surface area contributed by atoms with Crippen LogP contribution in [0.25, 0.3) is 0 Å². The number of rotatable bonds is 6. The van der Waals surface area contributed by atoms with Crippen molar-refractivity contribution in [2.75, 3.05) is 18.6 Å². The van der Waals surface area contributed by atoms with Crippen molar-refractivity contribution in [1.82, 2.24) is 0 Å². The molecule has 32 heavy (non-hydrogen) atoms. The molecule has 2 amide bonds. The quantitative estimate of drug-likeness (QED) is 0.399. The van der Waals surface area contributed by atoms with Gasteiger partial charge in [0.1, 0.15) is 11.5 Å². The fraction of sp³-hybridized carbons (Fsp3) is 0.346. The van der Waals surface area contributed by atoms with E-state index in [9.17, 15) is 14.4 Å². The molecule has 2 saturated carbocycles. The maximum absolute atomic E-state index is 13.2. The van der Waals surface area contributed by atoms with Gasteiger partial charge in [0.15, 0.2) is 12.4 Å². The second-order valence-electron chi connectivity index (χ2n) is 9.10. The SMILES string of the molecule is COc1ccc(C(=O)COc2ccc(N3C(=O)[C@@H]4[C@@H]5C=C[C@H]([C@H]6C[C@H]56)[C@@H]4C3=O)cc2)cc1. The van der Waals surface area contributed by atoms with Gasteiger partial charge < -0.3 is 9.47 Å². The largest absolute Gasteiger partial charge is 0.497 e. The fourth-order valence-corrected chi connectivity index (χ4v) is 5.91. The van der Waals surface area contributed by atoms with Crippen LogP contribution in [0.1, 0.15) is 16.8 Å². The lowest BCUT2D eigenvalue weighted by Gasteiger charge is -2.37. The Morgan fingerprint density at radius 3 is 2.00 bits per heavy atom. The molecule has 0 unspecified atom stereocenters. The number of hydrogen-bond donors (Lipinski definition) is 0. The van der Waals surface area contributed by atoms with Gasteiger partial charge in [0, 0.05) is 5.56 Å². The van der Waals surface area contributed by atoms with E-state index in [0.29, 0.717) is 34.6 Å². The molecule has 6 atom stereocenters. The normalized spacial score (nSPS) is 31.3. The van der Waals surface area contributed by atoms with Gasteiger partial charge in [0.2, 0.25) is 11.8 Å². The molecule has 6 nitrogen and oxygen atoms in total. The lowest BCUT2D eigenvalue weighted by Crippen LogP contribution is -2.40. The minimum atomic E-state index is -0.209. The van der Waals surface area contributed by atoms with Gasteiger partial charge in [-0.2, -0.15) is 0 Å². The monoisotopic (exact) mass is 429 g/mol. The average molecular weight is 429 g/mol. The molecule has 1 heterocycles. The van der Waals surface area contributed by atoms with Gasteiger partial charge in [-0.25, -0.2) is 0 Å². The first kappa shape index (κ1) is 19.3. The van der Waals surface area contributed by atoms with Gasteiger partial charge in [0.05, 0.1) is 24.6 Å². The molecule has 2 aromatic rings. The fourth-order valence-electron chi connectivity index (χ4n) is 5.91. The van der Waals surface area contributed by atoms with Gasteiger partial charge in [-0.15, -0.1) is 0 Å². The molecular formula is C26H23NO5. The summed E-state index contributed by atoms with van der Waals surface area (Å²) in [4.78, 5) is 40.1. The number of benzene rings is 2. The predicted octanol–water partition coefficient (Wildman–Crippen LogP) is 3.51. The highest BCUT2D eigenvalue weighted by molar-refractivity contribution is 6.22. The minimum Gasteiger partial charge on any atom is -0.497 e. The van der Waals surface area contributed by atoms with Gasteiger partial charge in [-0.3, -0.25) is 19.3 Å². The summed E-state index contributed by atoms with van der Waals surface area (Å²) in [5, 5.41) is 0. The first-order valence-electron chi connectivity index (χ1n) is 11.0. The standard InChI is InChI=1S/C26H23NO5/c1-31-16-6-2-14(3-7-16)22(28)13-32-17-8-4-15(5-9-17)27-25(29)23-18-10-11-19(21-12-20(18)21)24(23)26(27)30/h2-11,18-21,23-24H,12-13H2,1H3/t18-,19-,20-,21-,23-,24+/m1/s1. The highest BCUT2D eigenvalue weighted by Gasteiger charge is 2.67. The van der Waals surface area contributed by atoms with Crippen LogP contribution >= 0.6 is 0 Å². The highest BCUT2D eigenvalue weighted by Crippen LogP contribution is 2.65. The van der Waals surface area contributed by atoms with E-state index in [1.165, 1.54) is 4.90 Å². The minimum absolute atomic E-state index is 0.0759. The third-order valence-electron chi connectivity index (χ3n) is 7.54. The maximum Gasteiger partial charge on any atom is 0.238 e. The Hall–Kier alpha value is -3.41. The second kappa shape index (κ2) is 7.05. The van der Waals surface area contributed by atoms with Crippen LogP contribution in [0.5, 0.6) is 11.5 Å². The van der Waals surface area contributed by atoms with Gasteiger partial charge in [-0.1, -0.05) is 12.2 Å². The summed E-state index contributed by atoms with van der Waals surface area (Å²) < 4.78 is 10.7. The Balaban J connectivity index is 1.14. The van der Waals surface area contributed by atoms with Crippen molar-refractivity contribution < 1.29 is 23.9 Å². The molecular weight excluding hydrogens is 406 g/mol. The number of anilines is 1. The van der Waals surface area contributed by atoms with E-state index < -0.39 is 0 Å². The second-order valence-corrected chi connectivity index (χ2v) is 9.10. The Morgan fingerprint density at radius 2 is 1.44 bits per heavy atom. The molecule has 0 N–H and O–H groups in total. The topological polar surface area (TPSA) is 72.9 Å². The van der Waals surface area contributed by atoms with Crippen molar-refractivity contribution in [1.29, 1.82) is 0 Å². The Labute approximate surface area is 185 Å². The van der Waals surface area contributed by atoms with Gasteiger partial charge >= 0.3 is 0 Å². The molecule has 0 radical (unpaired) electrons. The Kier molecular flexibility index (Phi) is 4.25. The molecule has 1 saturated heterocycles. The number of carbonyl (C=O) groups is 3. The van der Waals surface area contributed by atoms with E-state index in [4.69, 9.17) is 9.47 Å². The highest BCUT2D eigenvalue weighted by atomic mass is 16.5. The summed E-state index contributed by atoms with van der Waals surface area (Å²) in [5.41, 5.74) is 1.11. The van der Waals surface area contributed by atoms with Crippen LogP contribution in [0.3, 0.4) is 0 Å². The lowest BCUT2D eigenvalue weighted by atomic mass is 9.63. The maximum atomic E-state index is 13.2. The van der Waals surface area contributed by atoms with Crippen molar-refractivity contribution in [2.24, 2.45) is 35.5 Å². The molecule has 2 bridgehead atoms. The number of hydrogen-bond acceptors (Lipinski definition) is 5. The first-order valence-corrected chi connectivity index (χ1v) is 11.0. The number of methoxy groups -OCH3 is 1. The lowest BCUT2D eigenvalue weighted by molar-refractivity contribution is -0.124. The average Bonchev–Trinajstić information content (AvgIpc) is 3.61. The van der Waals surface area contributed by atoms with Crippen molar-refractivity contribution in [3.63, 3.8) is 0 Å². The van der Waals surface area contributed by atoms with Crippen molar-refractivity contribution in [3.05, 3.63) is 66.2 Å². The summed E-state index contributed by atoms with van der Waals surface area (Å²) in [5.74, 6) is 2.07. The number of Topliss-reactive ketones (excluding diaryl/α,β-unsaturated/α-hetero) is 1. The number of carbonyl (C=O) groups excluding carboxylic acids is 3. The molecule has 6 heteroatoms. The van der Waals surface area contributed by atoms with Crippen LogP contribution < -0.4 is 14.4 Å². The van der Waals surface area contributed by atoms with E-state index >= 15 is 0 Å². The number of amides is 2.